The van der Waals surface area contributed by atoms with Crippen LogP contribution in [0.3, 0.4) is 0 Å². The highest BCUT2D eigenvalue weighted by atomic mass is 16.6. The molecule has 0 saturated carbocycles. The minimum Gasteiger partial charge on any atom is -0.476 e. The van der Waals surface area contributed by atoms with Crippen molar-refractivity contribution in [2.45, 2.75) is 32.6 Å². The number of carboxylic acid groups (broad SMARTS) is 1. The highest BCUT2D eigenvalue weighted by molar-refractivity contribution is 6.32. The van der Waals surface area contributed by atoms with Crippen molar-refractivity contribution in [2.24, 2.45) is 0 Å². The fourth-order valence-corrected chi connectivity index (χ4v) is 2.72. The molecule has 0 amide bonds. The number of hydrogen-bond donors (Lipinski definition) is 1. The third-order valence-corrected chi connectivity index (χ3v) is 4.90. The first-order valence-electron chi connectivity index (χ1n) is 14.2. The largest absolute Gasteiger partial charge is 0.476 e. The normalized spacial score (nSPS) is 11.1. The van der Waals surface area contributed by atoms with Crippen LogP contribution in [0.25, 0.3) is 0 Å². The standard InChI is InChI=1S/C27H50O14/c1-2-3-6-32-7-8-33-9-10-34-11-12-35-13-14-36-15-16-37-17-18-38-19-20-39-21-22-40-23-24-41-26(29)5-4-25(28)27(30)31/h2-24H2,1H3,(H,30,31). The van der Waals surface area contributed by atoms with E-state index in [9.17, 15) is 14.4 Å². The Morgan fingerprint density at radius 3 is 1.02 bits per heavy atom. The maximum absolute atomic E-state index is 11.3. The van der Waals surface area contributed by atoms with E-state index in [2.05, 4.69) is 6.92 Å². The Kier molecular flexibility index (Phi) is 31.4. The fourth-order valence-electron chi connectivity index (χ4n) is 2.72. The summed E-state index contributed by atoms with van der Waals surface area (Å²) in [6.45, 7) is 10.8. The van der Waals surface area contributed by atoms with E-state index in [0.29, 0.717) is 106 Å². The summed E-state index contributed by atoms with van der Waals surface area (Å²) >= 11 is 0. The molecule has 0 spiro atoms. The topological polar surface area (TPSA) is 164 Å². The van der Waals surface area contributed by atoms with Crippen LogP contribution in [-0.2, 0) is 61.8 Å². The minimum atomic E-state index is -1.56. The number of carbonyl (C=O) groups excluding carboxylic acids is 2. The molecule has 14 nitrogen and oxygen atoms in total. The lowest BCUT2D eigenvalue weighted by atomic mass is 10.2. The summed E-state index contributed by atoms with van der Waals surface area (Å²) in [5, 5.41) is 8.43. The molecule has 0 fully saturated rings. The van der Waals surface area contributed by atoms with E-state index in [-0.39, 0.29) is 26.1 Å². The fraction of sp³-hybridized carbons (Fsp3) is 0.889. The van der Waals surface area contributed by atoms with Crippen molar-refractivity contribution in [3.63, 3.8) is 0 Å². The van der Waals surface area contributed by atoms with Crippen LogP contribution in [0.4, 0.5) is 0 Å². The number of Topliss-reactive ketones (excluding diaryl/α,β-unsaturated/α-hetero) is 1. The summed E-state index contributed by atoms with van der Waals surface area (Å²) in [6, 6.07) is 0. The number of carboxylic acids is 1. The van der Waals surface area contributed by atoms with Gasteiger partial charge in [-0.05, 0) is 6.42 Å². The Bertz CT molecular complexity index is 605. The summed E-state index contributed by atoms with van der Waals surface area (Å²) < 4.78 is 53.4. The Hall–Kier alpha value is -1.75. The molecule has 0 aliphatic carbocycles. The lowest BCUT2D eigenvalue weighted by Crippen LogP contribution is -2.17. The van der Waals surface area contributed by atoms with Gasteiger partial charge in [-0.3, -0.25) is 9.59 Å². The molecule has 0 atom stereocenters. The maximum atomic E-state index is 11.3. The van der Waals surface area contributed by atoms with Crippen molar-refractivity contribution in [3.05, 3.63) is 0 Å². The molecule has 0 bridgehead atoms. The van der Waals surface area contributed by atoms with E-state index < -0.39 is 17.7 Å². The van der Waals surface area contributed by atoms with Gasteiger partial charge in [0.25, 0.3) is 0 Å². The van der Waals surface area contributed by atoms with Gasteiger partial charge in [-0.2, -0.15) is 0 Å². The SMILES string of the molecule is CCCCOCCOCCOCCOCCOCCOCCOCCOCCOCCOC(=O)CCC(=O)C(=O)O. The Morgan fingerprint density at radius 1 is 0.439 bits per heavy atom. The van der Waals surface area contributed by atoms with E-state index in [0.717, 1.165) is 19.4 Å². The molecule has 0 aliphatic rings. The van der Waals surface area contributed by atoms with Gasteiger partial charge in [0, 0.05) is 13.0 Å². The van der Waals surface area contributed by atoms with Gasteiger partial charge in [-0.1, -0.05) is 13.3 Å². The van der Waals surface area contributed by atoms with Crippen molar-refractivity contribution in [1.82, 2.24) is 0 Å². The number of esters is 1. The summed E-state index contributed by atoms with van der Waals surface area (Å²) in [6.07, 6.45) is 1.56. The molecule has 0 aliphatic heterocycles. The first-order chi connectivity index (χ1) is 20.1. The molecule has 0 aromatic carbocycles. The molecule has 0 aromatic rings. The van der Waals surface area contributed by atoms with Gasteiger partial charge in [-0.25, -0.2) is 4.79 Å². The first kappa shape index (κ1) is 39.2. The average Bonchev–Trinajstić information content (AvgIpc) is 2.96. The molecular formula is C27H50O14. The molecule has 0 radical (unpaired) electrons. The van der Waals surface area contributed by atoms with Crippen LogP contribution in [0, 0.1) is 0 Å². The predicted octanol–water partition coefficient (Wildman–Crippen LogP) is 0.913. The highest BCUT2D eigenvalue weighted by Crippen LogP contribution is 1.95. The first-order valence-corrected chi connectivity index (χ1v) is 14.2. The van der Waals surface area contributed by atoms with Crippen molar-refractivity contribution >= 4 is 17.7 Å². The maximum Gasteiger partial charge on any atom is 0.372 e. The lowest BCUT2D eigenvalue weighted by Gasteiger charge is -2.09. The highest BCUT2D eigenvalue weighted by Gasteiger charge is 2.14. The van der Waals surface area contributed by atoms with Crippen LogP contribution < -0.4 is 0 Å². The van der Waals surface area contributed by atoms with Crippen molar-refractivity contribution in [1.29, 1.82) is 0 Å². The summed E-state index contributed by atoms with van der Waals surface area (Å²) in [7, 11) is 0. The van der Waals surface area contributed by atoms with Crippen LogP contribution in [0.2, 0.25) is 0 Å². The summed E-state index contributed by atoms with van der Waals surface area (Å²) in [5.41, 5.74) is 0. The molecule has 242 valence electrons. The molecule has 41 heavy (non-hydrogen) atoms. The molecule has 0 heterocycles. The van der Waals surface area contributed by atoms with Crippen molar-refractivity contribution in [3.8, 4) is 0 Å². The van der Waals surface area contributed by atoms with E-state index >= 15 is 0 Å². The quantitative estimate of drug-likeness (QED) is 0.0631. The second-order valence-electron chi connectivity index (χ2n) is 8.31. The van der Waals surface area contributed by atoms with Gasteiger partial charge in [0.1, 0.15) is 6.61 Å². The van der Waals surface area contributed by atoms with Crippen LogP contribution >= 0.6 is 0 Å². The van der Waals surface area contributed by atoms with E-state index in [1.807, 2.05) is 0 Å². The van der Waals surface area contributed by atoms with Gasteiger partial charge in [0.05, 0.1) is 119 Å². The van der Waals surface area contributed by atoms with E-state index in [4.69, 9.17) is 52.5 Å². The molecule has 14 heteroatoms. The molecule has 0 aromatic heterocycles. The molecule has 0 saturated heterocycles. The number of carbonyl (C=O) groups is 3. The van der Waals surface area contributed by atoms with Crippen LogP contribution in [0.5, 0.6) is 0 Å². The monoisotopic (exact) mass is 598 g/mol. The molecule has 0 unspecified atom stereocenters. The number of rotatable bonds is 34. The minimum absolute atomic E-state index is 0.0185. The van der Waals surface area contributed by atoms with Gasteiger partial charge >= 0.3 is 11.9 Å². The number of hydrogen-bond acceptors (Lipinski definition) is 13. The zero-order valence-electron chi connectivity index (χ0n) is 24.5. The Labute approximate surface area is 243 Å². The van der Waals surface area contributed by atoms with E-state index in [1.54, 1.807) is 0 Å². The molecule has 1 N–H and O–H groups in total. The number of unbranched alkanes of at least 4 members (excludes halogenated alkanes) is 1. The zero-order chi connectivity index (χ0) is 30.1. The Morgan fingerprint density at radius 2 is 0.732 bits per heavy atom. The number of ketones is 1. The third-order valence-electron chi connectivity index (χ3n) is 4.90. The average molecular weight is 599 g/mol. The smallest absolute Gasteiger partial charge is 0.372 e. The van der Waals surface area contributed by atoms with Gasteiger partial charge < -0.3 is 52.5 Å². The van der Waals surface area contributed by atoms with Gasteiger partial charge in [0.15, 0.2) is 0 Å². The van der Waals surface area contributed by atoms with Crippen molar-refractivity contribution < 1.29 is 66.9 Å². The number of aliphatic carboxylic acids is 1. The Balaban J connectivity index is 3.12. The lowest BCUT2D eigenvalue weighted by molar-refractivity contribution is -0.151. The number of ether oxygens (including phenoxy) is 10. The molecular weight excluding hydrogens is 548 g/mol. The van der Waals surface area contributed by atoms with Gasteiger partial charge in [-0.15, -0.1) is 0 Å². The van der Waals surface area contributed by atoms with Gasteiger partial charge in [0.2, 0.25) is 5.78 Å². The predicted molar refractivity (Wildman–Crippen MR) is 145 cm³/mol. The van der Waals surface area contributed by atoms with Crippen LogP contribution in [0.15, 0.2) is 0 Å². The summed E-state index contributed by atoms with van der Waals surface area (Å²) in [5.74, 6) is -3.23. The second kappa shape index (κ2) is 32.8. The second-order valence-corrected chi connectivity index (χ2v) is 8.31. The molecule has 0 rings (SSSR count). The third kappa shape index (κ3) is 32.6. The summed E-state index contributed by atoms with van der Waals surface area (Å²) in [4.78, 5) is 32.6. The van der Waals surface area contributed by atoms with Crippen LogP contribution in [-0.4, -0.2) is 148 Å². The van der Waals surface area contributed by atoms with Crippen LogP contribution in [0.1, 0.15) is 32.6 Å². The van der Waals surface area contributed by atoms with E-state index in [1.165, 1.54) is 0 Å². The zero-order valence-corrected chi connectivity index (χ0v) is 24.5. The van der Waals surface area contributed by atoms with Crippen molar-refractivity contribution in [2.75, 3.05) is 126 Å².